The summed E-state index contributed by atoms with van der Waals surface area (Å²) < 4.78 is 7.35. The molecule has 2 aliphatic heterocycles. The highest BCUT2D eigenvalue weighted by molar-refractivity contribution is 9.10. The Hall–Kier alpha value is -7.62. The van der Waals surface area contributed by atoms with Crippen LogP contribution in [0.25, 0.3) is 90.9 Å². The Labute approximate surface area is 353 Å². The minimum atomic E-state index is 0.130. The second-order valence-corrected chi connectivity index (χ2v) is 15.5. The van der Waals surface area contributed by atoms with Crippen molar-refractivity contribution in [3.63, 3.8) is 0 Å². The first-order valence-corrected chi connectivity index (χ1v) is 20.1. The van der Waals surface area contributed by atoms with Gasteiger partial charge in [0, 0.05) is 48.8 Å². The number of halogens is 1. The van der Waals surface area contributed by atoms with Gasteiger partial charge in [0.25, 0.3) is 0 Å². The normalized spacial score (nSPS) is 11.9. The molecule has 290 valence electrons. The lowest BCUT2D eigenvalue weighted by atomic mass is 10.0. The SMILES string of the molecule is Oc1cccc(-c2c3nc(c(-c4cccc(O)c4)c4ccc([nH]4)c(-c4cccc(OCc5ccc(Br)cc5)c4)c4nc(c(-c5cccc(O)c5)c5ccc2[nH]5)C=C4)C=C3)c1. The second-order valence-electron chi connectivity index (χ2n) is 14.6. The van der Waals surface area contributed by atoms with Gasteiger partial charge in [-0.15, -0.1) is 0 Å². The van der Waals surface area contributed by atoms with Crippen LogP contribution in [-0.4, -0.2) is 35.3 Å². The molecule has 8 nitrogen and oxygen atoms in total. The van der Waals surface area contributed by atoms with Crippen molar-refractivity contribution in [1.29, 1.82) is 0 Å². The third-order valence-corrected chi connectivity index (χ3v) is 11.1. The van der Waals surface area contributed by atoms with Crippen molar-refractivity contribution in [2.45, 2.75) is 6.61 Å². The summed E-state index contributed by atoms with van der Waals surface area (Å²) in [5, 5.41) is 32.1. The summed E-state index contributed by atoms with van der Waals surface area (Å²) in [5.41, 5.74) is 13.4. The number of aromatic amines is 2. The van der Waals surface area contributed by atoms with Crippen molar-refractivity contribution in [3.8, 4) is 67.5 Å². The van der Waals surface area contributed by atoms with E-state index in [1.807, 2.05) is 127 Å². The van der Waals surface area contributed by atoms with Gasteiger partial charge in [-0.3, -0.25) is 0 Å². The first-order chi connectivity index (χ1) is 29.3. The predicted molar refractivity (Wildman–Crippen MR) is 244 cm³/mol. The van der Waals surface area contributed by atoms with Crippen LogP contribution >= 0.6 is 15.9 Å². The summed E-state index contributed by atoms with van der Waals surface area (Å²) in [4.78, 5) is 18.0. The maximum Gasteiger partial charge on any atom is 0.120 e. The molecule has 0 spiro atoms. The Morgan fingerprint density at radius 1 is 0.433 bits per heavy atom. The number of phenolic OH excluding ortho intramolecular Hbond substituents is 3. The number of hydrogen-bond acceptors (Lipinski definition) is 6. The number of fused-ring (bicyclic) bond motifs is 8. The van der Waals surface area contributed by atoms with Crippen LogP contribution in [-0.2, 0) is 6.61 Å². The first kappa shape index (κ1) is 36.7. The summed E-state index contributed by atoms with van der Waals surface area (Å²) in [7, 11) is 0. The summed E-state index contributed by atoms with van der Waals surface area (Å²) in [6.07, 6.45) is 7.97. The van der Waals surface area contributed by atoms with E-state index in [2.05, 4.69) is 32.0 Å². The third kappa shape index (κ3) is 7.12. The smallest absolute Gasteiger partial charge is 0.120 e. The van der Waals surface area contributed by atoms with Gasteiger partial charge in [0.05, 0.1) is 22.8 Å². The maximum atomic E-state index is 10.7. The summed E-state index contributed by atoms with van der Waals surface area (Å²) in [6.45, 7) is 0.402. The van der Waals surface area contributed by atoms with Gasteiger partial charge in [-0.2, -0.15) is 0 Å². The second kappa shape index (κ2) is 15.3. The van der Waals surface area contributed by atoms with Crippen LogP contribution in [0.15, 0.2) is 150 Å². The number of phenols is 3. The van der Waals surface area contributed by atoms with Crippen LogP contribution < -0.4 is 4.74 Å². The van der Waals surface area contributed by atoms with E-state index in [1.165, 1.54) is 0 Å². The van der Waals surface area contributed by atoms with E-state index >= 15 is 0 Å². The molecule has 5 heterocycles. The number of H-pyrrole nitrogens is 2. The van der Waals surface area contributed by atoms with Crippen molar-refractivity contribution >= 4 is 62.3 Å². The topological polar surface area (TPSA) is 127 Å². The molecule has 0 amide bonds. The molecule has 9 heteroatoms. The van der Waals surface area contributed by atoms with E-state index < -0.39 is 0 Å². The summed E-state index contributed by atoms with van der Waals surface area (Å²) >= 11 is 3.51. The van der Waals surface area contributed by atoms with Crippen LogP contribution in [0.4, 0.5) is 0 Å². The highest BCUT2D eigenvalue weighted by Crippen LogP contribution is 2.40. The Morgan fingerprint density at radius 2 is 0.800 bits per heavy atom. The highest BCUT2D eigenvalue weighted by atomic mass is 79.9. The number of hydrogen-bond donors (Lipinski definition) is 5. The number of benzene rings is 5. The molecule has 10 rings (SSSR count). The van der Waals surface area contributed by atoms with Gasteiger partial charge < -0.3 is 30.0 Å². The van der Waals surface area contributed by atoms with Crippen LogP contribution in [0, 0.1) is 0 Å². The number of aromatic hydroxyl groups is 3. The van der Waals surface area contributed by atoms with Crippen molar-refractivity contribution in [3.05, 3.63) is 178 Å². The van der Waals surface area contributed by atoms with Crippen molar-refractivity contribution in [2.75, 3.05) is 0 Å². The van der Waals surface area contributed by atoms with E-state index in [4.69, 9.17) is 14.7 Å². The van der Waals surface area contributed by atoms with E-state index in [1.54, 1.807) is 36.4 Å². The zero-order valence-corrected chi connectivity index (χ0v) is 33.5. The van der Waals surface area contributed by atoms with Gasteiger partial charge in [-0.05, 0) is 137 Å². The Balaban J connectivity index is 1.30. The molecule has 3 aromatic heterocycles. The number of ether oxygens (including phenoxy) is 1. The Bertz CT molecular complexity index is 3170. The standard InChI is InChI=1S/C51H35BrN4O4/c52-35-15-13-30(14-16-35)29-60-39-12-4-8-34(28-39)51-46-23-21-44(55-46)49(32-6-2-10-37(58)26-32)42-19-17-40(53-42)48(31-5-1-9-36(57)25-31)41-18-20-43(54-41)50(45-22-24-47(51)56-45)33-7-3-11-38(59)27-33/h1-28,53,56-59H,29H2. The first-order valence-electron chi connectivity index (χ1n) is 19.4. The maximum absolute atomic E-state index is 10.7. The minimum Gasteiger partial charge on any atom is -0.508 e. The molecule has 0 atom stereocenters. The zero-order valence-electron chi connectivity index (χ0n) is 31.9. The Morgan fingerprint density at radius 3 is 1.18 bits per heavy atom. The van der Waals surface area contributed by atoms with Gasteiger partial charge in [0.15, 0.2) is 0 Å². The van der Waals surface area contributed by atoms with E-state index in [0.717, 1.165) is 82.3 Å². The van der Waals surface area contributed by atoms with Crippen LogP contribution in [0.1, 0.15) is 28.3 Å². The average molecular weight is 848 g/mol. The average Bonchev–Trinajstić information content (AvgIpc) is 4.09. The van der Waals surface area contributed by atoms with E-state index in [9.17, 15) is 15.3 Å². The Kier molecular flexibility index (Phi) is 9.35. The molecule has 60 heavy (non-hydrogen) atoms. The van der Waals surface area contributed by atoms with Gasteiger partial charge >= 0.3 is 0 Å². The lowest BCUT2D eigenvalue weighted by Crippen LogP contribution is -1.95. The molecule has 5 N–H and O–H groups in total. The third-order valence-electron chi connectivity index (χ3n) is 10.6. The van der Waals surface area contributed by atoms with Crippen molar-refractivity contribution < 1.29 is 20.1 Å². The van der Waals surface area contributed by atoms with Crippen molar-refractivity contribution in [2.24, 2.45) is 0 Å². The largest absolute Gasteiger partial charge is 0.508 e. The molecule has 0 fully saturated rings. The number of nitrogens with one attached hydrogen (secondary N) is 2. The van der Waals surface area contributed by atoms with Crippen molar-refractivity contribution in [1.82, 2.24) is 19.9 Å². The van der Waals surface area contributed by atoms with Crippen LogP contribution in [0.5, 0.6) is 23.0 Å². The zero-order chi connectivity index (χ0) is 40.7. The quantitative estimate of drug-likeness (QED) is 0.109. The number of nitrogens with zero attached hydrogens (tertiary/aromatic N) is 2. The fraction of sp³-hybridized carbons (Fsp3) is 0.0196. The molecule has 0 saturated heterocycles. The molecule has 2 aliphatic rings. The molecular weight excluding hydrogens is 812 g/mol. The van der Waals surface area contributed by atoms with Gasteiger partial charge in [0.2, 0.25) is 0 Å². The summed E-state index contributed by atoms with van der Waals surface area (Å²) in [5.74, 6) is 1.11. The van der Waals surface area contributed by atoms with Gasteiger partial charge in [0.1, 0.15) is 29.6 Å². The monoisotopic (exact) mass is 846 g/mol. The fourth-order valence-corrected chi connectivity index (χ4v) is 8.16. The van der Waals surface area contributed by atoms with Gasteiger partial charge in [-0.1, -0.05) is 76.6 Å². The molecule has 5 aromatic carbocycles. The number of aromatic nitrogens is 4. The molecule has 8 aromatic rings. The summed E-state index contributed by atoms with van der Waals surface area (Å²) in [6, 6.07) is 45.6. The molecule has 0 unspecified atom stereocenters. The fourth-order valence-electron chi connectivity index (χ4n) is 7.89. The van der Waals surface area contributed by atoms with Crippen LogP contribution in [0.3, 0.4) is 0 Å². The highest BCUT2D eigenvalue weighted by Gasteiger charge is 2.20. The minimum absolute atomic E-state index is 0.130. The number of rotatable bonds is 7. The van der Waals surface area contributed by atoms with E-state index in [0.29, 0.717) is 29.4 Å². The van der Waals surface area contributed by atoms with E-state index in [-0.39, 0.29) is 17.2 Å². The predicted octanol–water partition coefficient (Wildman–Crippen LogP) is 12.8. The molecule has 0 saturated carbocycles. The lowest BCUT2D eigenvalue weighted by molar-refractivity contribution is 0.306. The molecule has 0 radical (unpaired) electrons. The lowest BCUT2D eigenvalue weighted by Gasteiger charge is -2.10. The van der Waals surface area contributed by atoms with Crippen LogP contribution in [0.2, 0.25) is 0 Å². The van der Waals surface area contributed by atoms with Gasteiger partial charge in [-0.25, -0.2) is 9.97 Å². The molecular formula is C51H35BrN4O4. The molecule has 8 bridgehead atoms. The molecule has 0 aliphatic carbocycles.